The van der Waals surface area contributed by atoms with Gasteiger partial charge in [0.15, 0.2) is 5.69 Å². The number of para-hydroxylation sites is 1. The fourth-order valence-corrected chi connectivity index (χ4v) is 3.43. The summed E-state index contributed by atoms with van der Waals surface area (Å²) in [5.41, 5.74) is 3.48. The number of aromatic nitrogens is 3. The van der Waals surface area contributed by atoms with Crippen molar-refractivity contribution in [3.05, 3.63) is 77.8 Å². The lowest BCUT2D eigenvalue weighted by molar-refractivity contribution is 0.459. The van der Waals surface area contributed by atoms with E-state index in [9.17, 15) is 5.11 Å². The molecule has 7 heteroatoms. The lowest BCUT2D eigenvalue weighted by Crippen LogP contribution is -1.90. The van der Waals surface area contributed by atoms with Gasteiger partial charge in [0.05, 0.1) is 16.7 Å². The molecule has 0 saturated carbocycles. The maximum Gasteiger partial charge on any atom is 0.270 e. The van der Waals surface area contributed by atoms with E-state index in [1.165, 1.54) is 0 Å². The first-order valence-electron chi connectivity index (χ1n) is 8.93. The monoisotopic (exact) mass is 399 g/mol. The van der Waals surface area contributed by atoms with E-state index < -0.39 is 0 Å². The molecule has 2 heterocycles. The predicted molar refractivity (Wildman–Crippen MR) is 114 cm³/mol. The summed E-state index contributed by atoms with van der Waals surface area (Å²) in [7, 11) is 0. The van der Waals surface area contributed by atoms with Gasteiger partial charge in [0.25, 0.3) is 5.95 Å². The van der Waals surface area contributed by atoms with Gasteiger partial charge >= 0.3 is 0 Å². The van der Waals surface area contributed by atoms with Gasteiger partial charge in [0.2, 0.25) is 5.88 Å². The number of aromatic hydroxyl groups is 1. The van der Waals surface area contributed by atoms with Crippen molar-refractivity contribution in [3.63, 3.8) is 0 Å². The van der Waals surface area contributed by atoms with Gasteiger partial charge in [-0.05, 0) is 24.3 Å². The molecule has 0 saturated heterocycles. The third kappa shape index (κ3) is 3.19. The van der Waals surface area contributed by atoms with Gasteiger partial charge in [-0.2, -0.15) is 0 Å². The Balaban J connectivity index is 1.67. The van der Waals surface area contributed by atoms with Crippen LogP contribution < -0.4 is 0 Å². The minimum atomic E-state index is -0.0502. The highest BCUT2D eigenvalue weighted by molar-refractivity contribution is 6.31. The van der Waals surface area contributed by atoms with Crippen molar-refractivity contribution in [2.45, 2.75) is 0 Å². The van der Waals surface area contributed by atoms with Gasteiger partial charge in [0.1, 0.15) is 0 Å². The van der Waals surface area contributed by atoms with Crippen LogP contribution in [0.3, 0.4) is 0 Å². The van der Waals surface area contributed by atoms with Crippen LogP contribution in [0.5, 0.6) is 5.88 Å². The van der Waals surface area contributed by atoms with E-state index in [0.29, 0.717) is 16.2 Å². The second kappa shape index (κ2) is 7.00. The SMILES string of the molecule is Oc1[nH]c2ccccc2c1N=Nc1nc(-c2ccccc2)c2cc(Cl)ccc2n1. The van der Waals surface area contributed by atoms with E-state index in [4.69, 9.17) is 11.6 Å². The summed E-state index contributed by atoms with van der Waals surface area (Å²) in [5, 5.41) is 20.8. The zero-order chi connectivity index (χ0) is 19.8. The number of hydrogen-bond donors (Lipinski definition) is 2. The summed E-state index contributed by atoms with van der Waals surface area (Å²) in [4.78, 5) is 12.0. The first-order valence-corrected chi connectivity index (χ1v) is 9.31. The fourth-order valence-electron chi connectivity index (χ4n) is 3.26. The molecule has 0 unspecified atom stereocenters. The van der Waals surface area contributed by atoms with E-state index in [1.54, 1.807) is 6.07 Å². The number of hydrogen-bond acceptors (Lipinski definition) is 5. The third-order valence-electron chi connectivity index (χ3n) is 4.59. The van der Waals surface area contributed by atoms with E-state index in [-0.39, 0.29) is 11.8 Å². The van der Waals surface area contributed by atoms with Gasteiger partial charge < -0.3 is 10.1 Å². The summed E-state index contributed by atoms with van der Waals surface area (Å²) < 4.78 is 0. The molecule has 0 aliphatic carbocycles. The normalized spacial score (nSPS) is 11.6. The number of nitrogens with zero attached hydrogens (tertiary/aromatic N) is 4. The smallest absolute Gasteiger partial charge is 0.270 e. The number of H-pyrrole nitrogens is 1. The van der Waals surface area contributed by atoms with Crippen molar-refractivity contribution >= 4 is 45.0 Å². The van der Waals surface area contributed by atoms with Crippen LogP contribution in [0.15, 0.2) is 83.0 Å². The maximum atomic E-state index is 10.2. The molecule has 5 rings (SSSR count). The summed E-state index contributed by atoms with van der Waals surface area (Å²) in [6, 6.07) is 22.7. The third-order valence-corrected chi connectivity index (χ3v) is 4.83. The van der Waals surface area contributed by atoms with Gasteiger partial charge in [-0.15, -0.1) is 10.2 Å². The molecule has 6 nitrogen and oxygen atoms in total. The minimum Gasteiger partial charge on any atom is -0.493 e. The second-order valence-electron chi connectivity index (χ2n) is 6.47. The molecule has 5 aromatic rings. The number of halogens is 1. The van der Waals surface area contributed by atoms with E-state index >= 15 is 0 Å². The molecule has 0 bridgehead atoms. The maximum absolute atomic E-state index is 10.2. The molecule has 0 amide bonds. The highest BCUT2D eigenvalue weighted by atomic mass is 35.5. The zero-order valence-corrected chi connectivity index (χ0v) is 15.8. The van der Waals surface area contributed by atoms with Crippen LogP contribution in [0.4, 0.5) is 11.6 Å². The standard InChI is InChI=1S/C22H14ClN5O/c23-14-10-11-18-16(12-14)19(13-6-2-1-3-7-13)26-22(25-18)28-27-20-15-8-4-5-9-17(15)24-21(20)29/h1-12,24,29H. The van der Waals surface area contributed by atoms with Crippen LogP contribution in [0.2, 0.25) is 5.02 Å². The number of benzene rings is 3. The van der Waals surface area contributed by atoms with Crippen molar-refractivity contribution in [2.75, 3.05) is 0 Å². The topological polar surface area (TPSA) is 86.5 Å². The van der Waals surface area contributed by atoms with Crippen LogP contribution in [0, 0.1) is 0 Å². The average Bonchev–Trinajstić information content (AvgIpc) is 3.07. The van der Waals surface area contributed by atoms with Crippen molar-refractivity contribution in [1.82, 2.24) is 15.0 Å². The van der Waals surface area contributed by atoms with Crippen molar-refractivity contribution in [3.8, 4) is 17.1 Å². The molecular weight excluding hydrogens is 386 g/mol. The minimum absolute atomic E-state index is 0.0502. The fraction of sp³-hybridized carbons (Fsp3) is 0. The number of rotatable bonds is 3. The molecule has 29 heavy (non-hydrogen) atoms. The van der Waals surface area contributed by atoms with Crippen molar-refractivity contribution in [1.29, 1.82) is 0 Å². The van der Waals surface area contributed by atoms with Gasteiger partial charge in [-0.1, -0.05) is 60.1 Å². The van der Waals surface area contributed by atoms with Gasteiger partial charge in [0, 0.05) is 21.4 Å². The second-order valence-corrected chi connectivity index (χ2v) is 6.90. The largest absolute Gasteiger partial charge is 0.493 e. The van der Waals surface area contributed by atoms with Crippen LogP contribution in [0.1, 0.15) is 0 Å². The molecule has 0 aliphatic heterocycles. The summed E-state index contributed by atoms with van der Waals surface area (Å²) in [5.74, 6) is 0.147. The summed E-state index contributed by atoms with van der Waals surface area (Å²) in [6.45, 7) is 0. The summed E-state index contributed by atoms with van der Waals surface area (Å²) in [6.07, 6.45) is 0. The van der Waals surface area contributed by atoms with Crippen LogP contribution in [-0.2, 0) is 0 Å². The highest BCUT2D eigenvalue weighted by Crippen LogP contribution is 2.36. The van der Waals surface area contributed by atoms with E-state index in [1.807, 2.05) is 66.7 Å². The molecule has 0 atom stereocenters. The number of aromatic amines is 1. The Bertz CT molecular complexity index is 1380. The number of nitrogens with one attached hydrogen (secondary N) is 1. The van der Waals surface area contributed by atoms with Crippen molar-refractivity contribution < 1.29 is 5.11 Å². The van der Waals surface area contributed by atoms with Gasteiger partial charge in [-0.3, -0.25) is 0 Å². The predicted octanol–water partition coefficient (Wildman–Crippen LogP) is 6.55. The Kier molecular flexibility index (Phi) is 4.18. The molecule has 2 aromatic heterocycles. The van der Waals surface area contributed by atoms with Crippen LogP contribution in [-0.4, -0.2) is 20.1 Å². The molecule has 0 radical (unpaired) electrons. The Morgan fingerprint density at radius 3 is 2.48 bits per heavy atom. The Hall–Kier alpha value is -3.77. The molecule has 0 spiro atoms. The Labute approximate surface area is 170 Å². The molecule has 140 valence electrons. The molecule has 0 aliphatic rings. The molecular formula is C22H14ClN5O. The van der Waals surface area contributed by atoms with Crippen molar-refractivity contribution in [2.24, 2.45) is 10.2 Å². The number of azo groups is 1. The Morgan fingerprint density at radius 1 is 0.828 bits per heavy atom. The first kappa shape index (κ1) is 17.3. The summed E-state index contributed by atoms with van der Waals surface area (Å²) >= 11 is 6.19. The highest BCUT2D eigenvalue weighted by Gasteiger charge is 2.12. The van der Waals surface area contributed by atoms with E-state index in [2.05, 4.69) is 25.2 Å². The molecule has 2 N–H and O–H groups in total. The molecule has 3 aromatic carbocycles. The van der Waals surface area contributed by atoms with Crippen LogP contribution in [0.25, 0.3) is 33.1 Å². The lowest BCUT2D eigenvalue weighted by atomic mass is 10.1. The van der Waals surface area contributed by atoms with Crippen LogP contribution >= 0.6 is 11.6 Å². The molecule has 0 fully saturated rings. The first-order chi connectivity index (χ1) is 14.2. The average molecular weight is 400 g/mol. The lowest BCUT2D eigenvalue weighted by Gasteiger charge is -2.07. The quantitative estimate of drug-likeness (QED) is 0.337. The van der Waals surface area contributed by atoms with Gasteiger partial charge in [-0.25, -0.2) is 9.97 Å². The zero-order valence-electron chi connectivity index (χ0n) is 15.0. The Morgan fingerprint density at radius 2 is 1.62 bits per heavy atom. The number of fused-ring (bicyclic) bond motifs is 2. The van der Waals surface area contributed by atoms with E-state index in [0.717, 1.165) is 27.5 Å².